The molecule has 0 radical (unpaired) electrons. The van der Waals surface area contributed by atoms with Crippen molar-refractivity contribution in [2.75, 3.05) is 50.6 Å². The van der Waals surface area contributed by atoms with Gasteiger partial charge in [-0.05, 0) is 37.4 Å². The summed E-state index contributed by atoms with van der Waals surface area (Å²) < 4.78 is 10.5. The molecule has 6 nitrogen and oxygen atoms in total. The molecule has 0 spiro atoms. The number of amides is 1. The third-order valence-corrected chi connectivity index (χ3v) is 4.04. The van der Waals surface area contributed by atoms with Gasteiger partial charge in [-0.15, -0.1) is 0 Å². The maximum absolute atomic E-state index is 12.2. The Kier molecular flexibility index (Phi) is 4.52. The number of piperazine rings is 1. The van der Waals surface area contributed by atoms with E-state index in [-0.39, 0.29) is 11.7 Å². The molecule has 1 fully saturated rings. The van der Waals surface area contributed by atoms with Gasteiger partial charge in [0.15, 0.2) is 5.76 Å². The molecule has 2 heterocycles. The third kappa shape index (κ3) is 3.48. The van der Waals surface area contributed by atoms with E-state index in [1.807, 2.05) is 18.2 Å². The van der Waals surface area contributed by atoms with Crippen LogP contribution >= 0.6 is 0 Å². The molecule has 1 N–H and O–H groups in total. The van der Waals surface area contributed by atoms with Gasteiger partial charge in [-0.25, -0.2) is 0 Å². The highest BCUT2D eigenvalue weighted by Crippen LogP contribution is 2.30. The van der Waals surface area contributed by atoms with E-state index in [0.717, 1.165) is 31.9 Å². The first kappa shape index (κ1) is 15.4. The summed E-state index contributed by atoms with van der Waals surface area (Å²) in [6, 6.07) is 9.17. The standard InChI is InChI=1S/C17H21N3O3/c1-19-7-9-20(10-8-19)13-5-6-15(22-2)14(12-13)18-17(21)16-4-3-11-23-16/h3-6,11-12H,7-10H2,1-2H3,(H,18,21). The van der Waals surface area contributed by atoms with Crippen LogP contribution in [-0.2, 0) is 0 Å². The van der Waals surface area contributed by atoms with Crippen LogP contribution in [0.4, 0.5) is 11.4 Å². The fourth-order valence-electron chi connectivity index (χ4n) is 2.65. The van der Waals surface area contributed by atoms with Crippen LogP contribution in [-0.4, -0.2) is 51.1 Å². The first-order chi connectivity index (χ1) is 11.2. The molecule has 1 amide bonds. The van der Waals surface area contributed by atoms with Crippen molar-refractivity contribution in [3.05, 3.63) is 42.4 Å². The van der Waals surface area contributed by atoms with Crippen molar-refractivity contribution in [3.8, 4) is 5.75 Å². The van der Waals surface area contributed by atoms with Crippen LogP contribution < -0.4 is 15.0 Å². The predicted octanol–water partition coefficient (Wildman–Crippen LogP) is 2.29. The first-order valence-electron chi connectivity index (χ1n) is 7.64. The second-order valence-corrected chi connectivity index (χ2v) is 5.61. The quantitative estimate of drug-likeness (QED) is 0.938. The Balaban J connectivity index is 1.80. The molecule has 1 aromatic carbocycles. The molecule has 0 atom stereocenters. The Labute approximate surface area is 135 Å². The molecule has 0 aliphatic carbocycles. The summed E-state index contributed by atoms with van der Waals surface area (Å²) in [6.07, 6.45) is 1.48. The van der Waals surface area contributed by atoms with Gasteiger partial charge in [-0.3, -0.25) is 4.79 Å². The molecule has 0 saturated carbocycles. The van der Waals surface area contributed by atoms with Crippen molar-refractivity contribution in [1.29, 1.82) is 0 Å². The molecule has 1 aliphatic heterocycles. The minimum Gasteiger partial charge on any atom is -0.495 e. The molecule has 1 aliphatic rings. The van der Waals surface area contributed by atoms with Crippen LogP contribution in [0.15, 0.2) is 41.0 Å². The molecule has 2 aromatic rings. The molecule has 3 rings (SSSR count). The van der Waals surface area contributed by atoms with Gasteiger partial charge in [0, 0.05) is 31.9 Å². The van der Waals surface area contributed by atoms with Gasteiger partial charge < -0.3 is 24.3 Å². The zero-order chi connectivity index (χ0) is 16.2. The number of furan rings is 1. The van der Waals surface area contributed by atoms with Crippen LogP contribution in [0.3, 0.4) is 0 Å². The maximum Gasteiger partial charge on any atom is 0.291 e. The number of carbonyl (C=O) groups excluding carboxylic acids is 1. The average molecular weight is 315 g/mol. The lowest BCUT2D eigenvalue weighted by molar-refractivity contribution is 0.0996. The lowest BCUT2D eigenvalue weighted by Gasteiger charge is -2.34. The van der Waals surface area contributed by atoms with Crippen molar-refractivity contribution < 1.29 is 13.9 Å². The van der Waals surface area contributed by atoms with E-state index in [1.54, 1.807) is 19.2 Å². The Morgan fingerprint density at radius 1 is 1.22 bits per heavy atom. The largest absolute Gasteiger partial charge is 0.495 e. The van der Waals surface area contributed by atoms with Crippen LogP contribution in [0.25, 0.3) is 0 Å². The van der Waals surface area contributed by atoms with Crippen molar-refractivity contribution in [2.45, 2.75) is 0 Å². The van der Waals surface area contributed by atoms with Crippen LogP contribution in [0.2, 0.25) is 0 Å². The lowest BCUT2D eigenvalue weighted by Crippen LogP contribution is -2.44. The lowest BCUT2D eigenvalue weighted by atomic mass is 10.2. The highest BCUT2D eigenvalue weighted by Gasteiger charge is 2.17. The number of ether oxygens (including phenoxy) is 1. The highest BCUT2D eigenvalue weighted by atomic mass is 16.5. The van der Waals surface area contributed by atoms with Gasteiger partial charge in [0.25, 0.3) is 5.91 Å². The van der Waals surface area contributed by atoms with Crippen molar-refractivity contribution in [1.82, 2.24) is 4.90 Å². The number of hydrogen-bond acceptors (Lipinski definition) is 5. The number of nitrogens with zero attached hydrogens (tertiary/aromatic N) is 2. The summed E-state index contributed by atoms with van der Waals surface area (Å²) in [5.74, 6) is 0.615. The SMILES string of the molecule is COc1ccc(N2CCN(C)CC2)cc1NC(=O)c1ccco1. The normalized spacial score (nSPS) is 15.5. The van der Waals surface area contributed by atoms with Crippen molar-refractivity contribution in [2.24, 2.45) is 0 Å². The summed E-state index contributed by atoms with van der Waals surface area (Å²) in [6.45, 7) is 3.99. The predicted molar refractivity (Wildman–Crippen MR) is 89.4 cm³/mol. The smallest absolute Gasteiger partial charge is 0.291 e. The van der Waals surface area contributed by atoms with Crippen molar-refractivity contribution >= 4 is 17.3 Å². The second kappa shape index (κ2) is 6.75. The molecular formula is C17H21N3O3. The van der Waals surface area contributed by atoms with Gasteiger partial charge in [0.2, 0.25) is 0 Å². The molecule has 0 unspecified atom stereocenters. The van der Waals surface area contributed by atoms with E-state index in [4.69, 9.17) is 9.15 Å². The van der Waals surface area contributed by atoms with E-state index in [9.17, 15) is 4.79 Å². The summed E-state index contributed by atoms with van der Waals surface area (Å²) in [7, 11) is 3.72. The summed E-state index contributed by atoms with van der Waals surface area (Å²) in [5.41, 5.74) is 1.72. The van der Waals surface area contributed by atoms with Gasteiger partial charge in [0.05, 0.1) is 19.1 Å². The third-order valence-electron chi connectivity index (χ3n) is 4.04. The summed E-state index contributed by atoms with van der Waals surface area (Å²) in [5, 5.41) is 2.86. The van der Waals surface area contributed by atoms with Crippen LogP contribution in [0, 0.1) is 0 Å². The van der Waals surface area contributed by atoms with Gasteiger partial charge in [-0.1, -0.05) is 0 Å². The molecule has 23 heavy (non-hydrogen) atoms. The Hall–Kier alpha value is -2.47. The minimum absolute atomic E-state index is 0.275. The maximum atomic E-state index is 12.2. The Morgan fingerprint density at radius 2 is 2.00 bits per heavy atom. The van der Waals surface area contributed by atoms with Gasteiger partial charge in [0.1, 0.15) is 5.75 Å². The molecule has 0 bridgehead atoms. The highest BCUT2D eigenvalue weighted by molar-refractivity contribution is 6.03. The Bertz CT molecular complexity index is 662. The summed E-state index contributed by atoms with van der Waals surface area (Å²) >= 11 is 0. The number of carbonyl (C=O) groups is 1. The second-order valence-electron chi connectivity index (χ2n) is 5.61. The van der Waals surface area contributed by atoms with Crippen LogP contribution in [0.5, 0.6) is 5.75 Å². The van der Waals surface area contributed by atoms with E-state index in [1.165, 1.54) is 6.26 Å². The monoisotopic (exact) mass is 315 g/mol. The molecule has 1 aromatic heterocycles. The number of rotatable bonds is 4. The number of nitrogens with one attached hydrogen (secondary N) is 1. The van der Waals surface area contributed by atoms with E-state index < -0.39 is 0 Å². The molecule has 122 valence electrons. The van der Waals surface area contributed by atoms with Gasteiger partial charge >= 0.3 is 0 Å². The number of anilines is 2. The fraction of sp³-hybridized carbons (Fsp3) is 0.353. The zero-order valence-corrected chi connectivity index (χ0v) is 13.4. The molecule has 6 heteroatoms. The zero-order valence-electron chi connectivity index (χ0n) is 13.4. The number of benzene rings is 1. The van der Waals surface area contributed by atoms with E-state index in [0.29, 0.717) is 11.4 Å². The fourth-order valence-corrected chi connectivity index (χ4v) is 2.65. The number of methoxy groups -OCH3 is 1. The number of likely N-dealkylation sites (N-methyl/N-ethyl adjacent to an activating group) is 1. The summed E-state index contributed by atoms with van der Waals surface area (Å²) in [4.78, 5) is 16.8. The van der Waals surface area contributed by atoms with E-state index in [2.05, 4.69) is 22.2 Å². The molecule has 1 saturated heterocycles. The Morgan fingerprint density at radius 3 is 2.65 bits per heavy atom. The van der Waals surface area contributed by atoms with E-state index >= 15 is 0 Å². The van der Waals surface area contributed by atoms with Gasteiger partial charge in [-0.2, -0.15) is 0 Å². The topological polar surface area (TPSA) is 58.0 Å². The van der Waals surface area contributed by atoms with Crippen LogP contribution in [0.1, 0.15) is 10.6 Å². The van der Waals surface area contributed by atoms with Crippen molar-refractivity contribution in [3.63, 3.8) is 0 Å². The molecular weight excluding hydrogens is 294 g/mol. The first-order valence-corrected chi connectivity index (χ1v) is 7.64. The number of hydrogen-bond donors (Lipinski definition) is 1. The average Bonchev–Trinajstić information content (AvgIpc) is 3.10. The minimum atomic E-state index is -0.288.